The monoisotopic (exact) mass is 227 g/mol. The minimum Gasteiger partial charge on any atom is -0.457 e. The summed E-state index contributed by atoms with van der Waals surface area (Å²) in [7, 11) is 0. The number of aromatic nitrogens is 1. The Morgan fingerprint density at radius 1 is 1.24 bits per heavy atom. The Morgan fingerprint density at radius 2 is 2.06 bits per heavy atom. The lowest BCUT2D eigenvalue weighted by atomic mass is 9.92. The van der Waals surface area contributed by atoms with Gasteiger partial charge >= 0.3 is 0 Å². The number of furan rings is 1. The molecule has 0 atom stereocenters. The van der Waals surface area contributed by atoms with Gasteiger partial charge in [0.1, 0.15) is 11.5 Å². The van der Waals surface area contributed by atoms with Gasteiger partial charge in [0.2, 0.25) is 5.78 Å². The van der Waals surface area contributed by atoms with E-state index < -0.39 is 0 Å². The summed E-state index contributed by atoms with van der Waals surface area (Å²) in [6.07, 6.45) is 2.15. The van der Waals surface area contributed by atoms with Crippen LogP contribution in [0.3, 0.4) is 0 Å². The molecule has 4 heteroatoms. The average Bonchev–Trinajstić information content (AvgIpc) is 2.80. The molecule has 0 unspecified atom stereocenters. The summed E-state index contributed by atoms with van der Waals surface area (Å²) in [5.74, 6) is 0.267. The molecule has 0 spiro atoms. The fraction of sp³-hybridized carbons (Fsp3) is 0.154. The van der Waals surface area contributed by atoms with E-state index in [2.05, 4.69) is 4.98 Å². The van der Waals surface area contributed by atoms with E-state index >= 15 is 0 Å². The number of ketones is 2. The predicted molar refractivity (Wildman–Crippen MR) is 59.2 cm³/mol. The SMILES string of the molecule is CCc1cc2c(o1)C(=O)c1ncccc1C2=O. The van der Waals surface area contributed by atoms with Crippen molar-refractivity contribution in [2.24, 2.45) is 0 Å². The van der Waals surface area contributed by atoms with Crippen LogP contribution in [0.1, 0.15) is 44.9 Å². The van der Waals surface area contributed by atoms with E-state index in [0.29, 0.717) is 23.3 Å². The van der Waals surface area contributed by atoms with Crippen molar-refractivity contribution in [2.75, 3.05) is 0 Å². The van der Waals surface area contributed by atoms with Crippen molar-refractivity contribution in [2.45, 2.75) is 13.3 Å². The van der Waals surface area contributed by atoms with Crippen LogP contribution in [0.25, 0.3) is 0 Å². The molecule has 1 aliphatic rings. The van der Waals surface area contributed by atoms with Crippen LogP contribution in [0.15, 0.2) is 28.8 Å². The first-order valence-corrected chi connectivity index (χ1v) is 5.39. The lowest BCUT2D eigenvalue weighted by Gasteiger charge is -2.10. The minimum atomic E-state index is -0.310. The van der Waals surface area contributed by atoms with Crippen LogP contribution in [-0.4, -0.2) is 16.6 Å². The zero-order chi connectivity index (χ0) is 12.0. The molecule has 0 bridgehead atoms. The number of aryl methyl sites for hydroxylation is 1. The van der Waals surface area contributed by atoms with E-state index in [1.54, 1.807) is 18.2 Å². The highest BCUT2D eigenvalue weighted by Crippen LogP contribution is 2.28. The maximum absolute atomic E-state index is 12.1. The van der Waals surface area contributed by atoms with Crippen molar-refractivity contribution in [3.05, 3.63) is 52.7 Å². The van der Waals surface area contributed by atoms with Crippen LogP contribution >= 0.6 is 0 Å². The summed E-state index contributed by atoms with van der Waals surface area (Å²) in [4.78, 5) is 28.2. The Hall–Kier alpha value is -2.23. The van der Waals surface area contributed by atoms with Gasteiger partial charge in [-0.25, -0.2) is 0 Å². The molecule has 1 aliphatic carbocycles. The highest BCUT2D eigenvalue weighted by atomic mass is 16.3. The normalized spacial score (nSPS) is 13.5. The molecule has 0 aliphatic heterocycles. The third kappa shape index (κ3) is 1.27. The van der Waals surface area contributed by atoms with E-state index in [1.807, 2.05) is 6.92 Å². The second-order valence-corrected chi connectivity index (χ2v) is 3.87. The van der Waals surface area contributed by atoms with Crippen molar-refractivity contribution in [3.8, 4) is 0 Å². The maximum atomic E-state index is 12.1. The number of hydrogen-bond donors (Lipinski definition) is 0. The van der Waals surface area contributed by atoms with Gasteiger partial charge < -0.3 is 4.42 Å². The summed E-state index contributed by atoms with van der Waals surface area (Å²) < 4.78 is 5.38. The summed E-state index contributed by atoms with van der Waals surface area (Å²) >= 11 is 0. The van der Waals surface area contributed by atoms with E-state index in [9.17, 15) is 9.59 Å². The lowest BCUT2D eigenvalue weighted by Crippen LogP contribution is -2.20. The Bertz CT molecular complexity index is 587. The van der Waals surface area contributed by atoms with E-state index in [0.717, 1.165) is 0 Å². The molecule has 2 heterocycles. The summed E-state index contributed by atoms with van der Waals surface area (Å²) in [5, 5.41) is 0. The Morgan fingerprint density at radius 3 is 2.82 bits per heavy atom. The van der Waals surface area contributed by atoms with Gasteiger partial charge in [-0.3, -0.25) is 14.6 Å². The van der Waals surface area contributed by atoms with Crippen molar-refractivity contribution >= 4 is 11.6 Å². The van der Waals surface area contributed by atoms with Gasteiger partial charge in [-0.2, -0.15) is 0 Å². The van der Waals surface area contributed by atoms with Crippen LogP contribution in [0.2, 0.25) is 0 Å². The number of carbonyl (C=O) groups is 2. The first-order chi connectivity index (χ1) is 8.22. The highest BCUT2D eigenvalue weighted by Gasteiger charge is 2.34. The number of rotatable bonds is 1. The number of carbonyl (C=O) groups excluding carboxylic acids is 2. The quantitative estimate of drug-likeness (QED) is 0.638. The summed E-state index contributed by atoms with van der Waals surface area (Å²) in [6, 6.07) is 4.91. The molecule has 0 radical (unpaired) electrons. The van der Waals surface area contributed by atoms with Crippen LogP contribution in [0, 0.1) is 0 Å². The Labute approximate surface area is 97.3 Å². The second-order valence-electron chi connectivity index (χ2n) is 3.87. The molecule has 84 valence electrons. The maximum Gasteiger partial charge on any atom is 0.247 e. The largest absolute Gasteiger partial charge is 0.457 e. The fourth-order valence-electron chi connectivity index (χ4n) is 1.98. The molecular formula is C13H9NO3. The Balaban J connectivity index is 2.27. The molecule has 0 saturated carbocycles. The molecular weight excluding hydrogens is 218 g/mol. The second kappa shape index (κ2) is 3.38. The van der Waals surface area contributed by atoms with Gasteiger partial charge in [0.05, 0.1) is 11.1 Å². The van der Waals surface area contributed by atoms with Gasteiger partial charge in [-0.05, 0) is 18.2 Å². The molecule has 0 N–H and O–H groups in total. The van der Waals surface area contributed by atoms with Gasteiger partial charge in [-0.1, -0.05) is 6.92 Å². The molecule has 0 amide bonds. The van der Waals surface area contributed by atoms with Crippen LogP contribution in [0.5, 0.6) is 0 Å². The van der Waals surface area contributed by atoms with Crippen LogP contribution in [0.4, 0.5) is 0 Å². The van der Waals surface area contributed by atoms with Crippen molar-refractivity contribution < 1.29 is 14.0 Å². The van der Waals surface area contributed by atoms with E-state index in [4.69, 9.17) is 4.42 Å². The average molecular weight is 227 g/mol. The smallest absolute Gasteiger partial charge is 0.247 e. The molecule has 4 nitrogen and oxygen atoms in total. The van der Waals surface area contributed by atoms with Gasteiger partial charge in [-0.15, -0.1) is 0 Å². The molecule has 2 aromatic heterocycles. The standard InChI is InChI=1S/C13H9NO3/c1-2-7-6-9-11(15)8-4-3-5-14-10(8)12(16)13(9)17-7/h3-6H,2H2,1H3. The molecule has 3 rings (SSSR count). The van der Waals surface area contributed by atoms with Gasteiger partial charge in [0, 0.05) is 12.6 Å². The topological polar surface area (TPSA) is 60.2 Å². The van der Waals surface area contributed by atoms with Gasteiger partial charge in [0.15, 0.2) is 11.5 Å². The fourth-order valence-corrected chi connectivity index (χ4v) is 1.98. The summed E-state index contributed by atoms with van der Waals surface area (Å²) in [6.45, 7) is 1.91. The first kappa shape index (κ1) is 9.96. The van der Waals surface area contributed by atoms with Crippen molar-refractivity contribution in [3.63, 3.8) is 0 Å². The molecule has 17 heavy (non-hydrogen) atoms. The van der Waals surface area contributed by atoms with Crippen LogP contribution < -0.4 is 0 Å². The molecule has 0 aromatic carbocycles. The number of nitrogens with zero attached hydrogens (tertiary/aromatic N) is 1. The van der Waals surface area contributed by atoms with Gasteiger partial charge in [0.25, 0.3) is 0 Å². The Kier molecular flexibility index (Phi) is 1.98. The predicted octanol–water partition coefficient (Wildman–Crippen LogP) is 2.01. The lowest BCUT2D eigenvalue weighted by molar-refractivity contribution is 0.0955. The minimum absolute atomic E-state index is 0.123. The number of pyridine rings is 1. The third-order valence-corrected chi connectivity index (χ3v) is 2.85. The van der Waals surface area contributed by atoms with Crippen LogP contribution in [-0.2, 0) is 6.42 Å². The molecule has 2 aromatic rings. The van der Waals surface area contributed by atoms with E-state index in [1.165, 1.54) is 6.20 Å². The molecule has 0 saturated heterocycles. The number of fused-ring (bicyclic) bond motifs is 2. The summed E-state index contributed by atoms with van der Waals surface area (Å²) in [5.41, 5.74) is 0.891. The molecule has 0 fully saturated rings. The van der Waals surface area contributed by atoms with Crippen molar-refractivity contribution in [1.29, 1.82) is 0 Å². The first-order valence-electron chi connectivity index (χ1n) is 5.39. The number of hydrogen-bond acceptors (Lipinski definition) is 4. The van der Waals surface area contributed by atoms with E-state index in [-0.39, 0.29) is 23.0 Å². The third-order valence-electron chi connectivity index (χ3n) is 2.85. The zero-order valence-corrected chi connectivity index (χ0v) is 9.19. The zero-order valence-electron chi connectivity index (χ0n) is 9.19. The van der Waals surface area contributed by atoms with Crippen molar-refractivity contribution in [1.82, 2.24) is 4.98 Å². The highest BCUT2D eigenvalue weighted by molar-refractivity contribution is 6.26.